The van der Waals surface area contributed by atoms with Crippen LogP contribution in [0.1, 0.15) is 23.0 Å². The van der Waals surface area contributed by atoms with Gasteiger partial charge < -0.3 is 4.98 Å². The number of aromatic amines is 1. The van der Waals surface area contributed by atoms with Gasteiger partial charge >= 0.3 is 0 Å². The predicted octanol–water partition coefficient (Wildman–Crippen LogP) is 1.27. The summed E-state index contributed by atoms with van der Waals surface area (Å²) in [4.78, 5) is 7.27. The van der Waals surface area contributed by atoms with Crippen molar-refractivity contribution in [3.05, 3.63) is 53.6 Å². The molecule has 4 N–H and O–H groups in total. The molecule has 4 heteroatoms. The Kier molecular flexibility index (Phi) is 2.80. The first-order chi connectivity index (χ1) is 7.33. The van der Waals surface area contributed by atoms with Crippen LogP contribution in [0.15, 0.2) is 36.7 Å². The van der Waals surface area contributed by atoms with E-state index in [4.69, 9.17) is 5.84 Å². The standard InChI is InChI=1S/C11H14N4/c1-8-4-2-3-5-9(8)10(15-12)11-13-6-7-14-11/h2-7,10,15H,12H2,1H3,(H,13,14). The Morgan fingerprint density at radius 3 is 2.80 bits per heavy atom. The summed E-state index contributed by atoms with van der Waals surface area (Å²) in [7, 11) is 0. The van der Waals surface area contributed by atoms with Crippen LogP contribution in [0, 0.1) is 6.92 Å². The second-order valence-corrected chi connectivity index (χ2v) is 3.43. The number of hydrogen-bond donors (Lipinski definition) is 3. The summed E-state index contributed by atoms with van der Waals surface area (Å²) in [5.74, 6) is 6.38. The van der Waals surface area contributed by atoms with Gasteiger partial charge in [0.25, 0.3) is 0 Å². The molecule has 1 atom stereocenters. The molecule has 4 nitrogen and oxygen atoms in total. The molecule has 0 saturated carbocycles. The Hall–Kier alpha value is -1.65. The van der Waals surface area contributed by atoms with Crippen molar-refractivity contribution in [2.24, 2.45) is 5.84 Å². The first-order valence-corrected chi connectivity index (χ1v) is 4.84. The molecule has 1 aromatic carbocycles. The number of nitrogens with one attached hydrogen (secondary N) is 2. The minimum Gasteiger partial charge on any atom is -0.347 e. The predicted molar refractivity (Wildman–Crippen MR) is 58.9 cm³/mol. The van der Waals surface area contributed by atoms with Crippen LogP contribution >= 0.6 is 0 Å². The number of H-pyrrole nitrogens is 1. The van der Waals surface area contributed by atoms with Crippen LogP contribution in [-0.2, 0) is 0 Å². The summed E-state index contributed by atoms with van der Waals surface area (Å²) >= 11 is 0. The second-order valence-electron chi connectivity index (χ2n) is 3.43. The molecule has 1 unspecified atom stereocenters. The van der Waals surface area contributed by atoms with E-state index in [2.05, 4.69) is 28.4 Å². The lowest BCUT2D eigenvalue weighted by Gasteiger charge is -2.15. The van der Waals surface area contributed by atoms with Gasteiger partial charge in [0.1, 0.15) is 11.9 Å². The Morgan fingerprint density at radius 2 is 2.20 bits per heavy atom. The fraction of sp³-hybridized carbons (Fsp3) is 0.182. The number of rotatable bonds is 3. The number of imidazole rings is 1. The van der Waals surface area contributed by atoms with Crippen LogP contribution in [0.3, 0.4) is 0 Å². The highest BCUT2D eigenvalue weighted by Crippen LogP contribution is 2.20. The molecule has 2 aromatic rings. The molecule has 0 fully saturated rings. The molecule has 1 aromatic heterocycles. The van der Waals surface area contributed by atoms with Crippen LogP contribution in [0.5, 0.6) is 0 Å². The average molecular weight is 202 g/mol. The van der Waals surface area contributed by atoms with Crippen LogP contribution in [-0.4, -0.2) is 9.97 Å². The number of hydrogen-bond acceptors (Lipinski definition) is 3. The summed E-state index contributed by atoms with van der Waals surface area (Å²) in [5, 5.41) is 0. The minimum atomic E-state index is -0.0822. The van der Waals surface area contributed by atoms with Crippen molar-refractivity contribution in [1.82, 2.24) is 15.4 Å². The maximum absolute atomic E-state index is 5.55. The third-order valence-corrected chi connectivity index (χ3v) is 2.46. The Bertz CT molecular complexity index is 422. The van der Waals surface area contributed by atoms with Gasteiger partial charge in [-0.15, -0.1) is 0 Å². The van der Waals surface area contributed by atoms with Crippen molar-refractivity contribution in [1.29, 1.82) is 0 Å². The van der Waals surface area contributed by atoms with Gasteiger partial charge in [-0.05, 0) is 18.1 Å². The summed E-state index contributed by atoms with van der Waals surface area (Å²) in [6.45, 7) is 2.06. The van der Waals surface area contributed by atoms with Gasteiger partial charge in [-0.25, -0.2) is 10.4 Å². The highest BCUT2D eigenvalue weighted by atomic mass is 15.2. The van der Waals surface area contributed by atoms with E-state index in [9.17, 15) is 0 Å². The van der Waals surface area contributed by atoms with E-state index in [1.807, 2.05) is 18.2 Å². The molecule has 0 aliphatic heterocycles. The molecule has 1 heterocycles. The third kappa shape index (κ3) is 1.91. The van der Waals surface area contributed by atoms with E-state index in [-0.39, 0.29) is 6.04 Å². The van der Waals surface area contributed by atoms with Gasteiger partial charge in [0.05, 0.1) is 0 Å². The van der Waals surface area contributed by atoms with Crippen molar-refractivity contribution >= 4 is 0 Å². The van der Waals surface area contributed by atoms with E-state index >= 15 is 0 Å². The number of aromatic nitrogens is 2. The van der Waals surface area contributed by atoms with Gasteiger partial charge in [-0.1, -0.05) is 24.3 Å². The molecule has 0 aliphatic rings. The first kappa shape index (κ1) is 9.89. The monoisotopic (exact) mass is 202 g/mol. The van der Waals surface area contributed by atoms with Crippen molar-refractivity contribution in [3.63, 3.8) is 0 Å². The van der Waals surface area contributed by atoms with Crippen molar-refractivity contribution in [2.75, 3.05) is 0 Å². The summed E-state index contributed by atoms with van der Waals surface area (Å²) in [6.07, 6.45) is 3.51. The Balaban J connectivity index is 2.40. The molecular weight excluding hydrogens is 188 g/mol. The number of hydrazine groups is 1. The number of nitrogens with zero attached hydrogens (tertiary/aromatic N) is 1. The zero-order valence-corrected chi connectivity index (χ0v) is 8.57. The first-order valence-electron chi connectivity index (χ1n) is 4.84. The van der Waals surface area contributed by atoms with Crippen LogP contribution in [0.25, 0.3) is 0 Å². The normalized spacial score (nSPS) is 12.7. The molecule has 15 heavy (non-hydrogen) atoms. The molecule has 0 spiro atoms. The van der Waals surface area contributed by atoms with Gasteiger partial charge in [0, 0.05) is 12.4 Å². The van der Waals surface area contributed by atoms with Crippen LogP contribution in [0.2, 0.25) is 0 Å². The van der Waals surface area contributed by atoms with E-state index in [0.717, 1.165) is 11.4 Å². The smallest absolute Gasteiger partial charge is 0.129 e. The molecule has 0 aliphatic carbocycles. The molecule has 0 amide bonds. The van der Waals surface area contributed by atoms with Gasteiger partial charge in [-0.3, -0.25) is 5.84 Å². The molecule has 0 radical (unpaired) electrons. The maximum atomic E-state index is 5.55. The van der Waals surface area contributed by atoms with Gasteiger partial charge in [-0.2, -0.15) is 0 Å². The van der Waals surface area contributed by atoms with Crippen molar-refractivity contribution in [3.8, 4) is 0 Å². The van der Waals surface area contributed by atoms with Gasteiger partial charge in [0.2, 0.25) is 0 Å². The fourth-order valence-electron chi connectivity index (χ4n) is 1.66. The van der Waals surface area contributed by atoms with E-state index in [1.165, 1.54) is 5.56 Å². The Morgan fingerprint density at radius 1 is 1.40 bits per heavy atom. The molecule has 0 bridgehead atoms. The highest BCUT2D eigenvalue weighted by Gasteiger charge is 2.15. The molecule has 0 saturated heterocycles. The fourth-order valence-corrected chi connectivity index (χ4v) is 1.66. The lowest BCUT2D eigenvalue weighted by Crippen LogP contribution is -2.30. The van der Waals surface area contributed by atoms with E-state index < -0.39 is 0 Å². The average Bonchev–Trinajstić information content (AvgIpc) is 2.75. The quantitative estimate of drug-likeness (QED) is 0.518. The Labute approximate surface area is 88.5 Å². The van der Waals surface area contributed by atoms with E-state index in [0.29, 0.717) is 0 Å². The topological polar surface area (TPSA) is 66.7 Å². The summed E-state index contributed by atoms with van der Waals surface area (Å²) in [5.41, 5.74) is 5.09. The highest BCUT2D eigenvalue weighted by molar-refractivity contribution is 5.32. The number of nitrogens with two attached hydrogens (primary N) is 1. The lowest BCUT2D eigenvalue weighted by molar-refractivity contribution is 0.605. The van der Waals surface area contributed by atoms with Crippen LogP contribution < -0.4 is 11.3 Å². The van der Waals surface area contributed by atoms with Crippen molar-refractivity contribution < 1.29 is 0 Å². The number of aryl methyl sites for hydroxylation is 1. The summed E-state index contributed by atoms with van der Waals surface area (Å²) in [6, 6.07) is 8.02. The maximum Gasteiger partial charge on any atom is 0.129 e. The molecule has 78 valence electrons. The van der Waals surface area contributed by atoms with E-state index in [1.54, 1.807) is 12.4 Å². The third-order valence-electron chi connectivity index (χ3n) is 2.46. The second kappa shape index (κ2) is 4.25. The van der Waals surface area contributed by atoms with Crippen LogP contribution in [0.4, 0.5) is 0 Å². The number of benzene rings is 1. The molecular formula is C11H14N4. The zero-order chi connectivity index (χ0) is 10.7. The van der Waals surface area contributed by atoms with Crippen molar-refractivity contribution in [2.45, 2.75) is 13.0 Å². The SMILES string of the molecule is Cc1ccccc1C(NN)c1ncc[nH]1. The largest absolute Gasteiger partial charge is 0.347 e. The zero-order valence-electron chi connectivity index (χ0n) is 8.57. The van der Waals surface area contributed by atoms with Gasteiger partial charge in [0.15, 0.2) is 0 Å². The summed E-state index contributed by atoms with van der Waals surface area (Å²) < 4.78 is 0. The molecule has 2 rings (SSSR count). The lowest BCUT2D eigenvalue weighted by atomic mass is 10.0. The minimum absolute atomic E-state index is 0.0822.